The van der Waals surface area contributed by atoms with Crippen LogP contribution in [0.4, 0.5) is 0 Å². The first-order valence-electron chi connectivity index (χ1n) is 33.4. The van der Waals surface area contributed by atoms with E-state index < -0.39 is 12.1 Å². The van der Waals surface area contributed by atoms with Crippen molar-refractivity contribution in [2.45, 2.75) is 366 Å². The molecule has 0 saturated carbocycles. The maximum Gasteiger partial charge on any atom is 0.305 e. The van der Waals surface area contributed by atoms with Crippen LogP contribution in [-0.4, -0.2) is 47.4 Å². The molecule has 3 N–H and O–H groups in total. The maximum absolute atomic E-state index is 12.4. The number of esters is 1. The first-order chi connectivity index (χ1) is 37.0. The van der Waals surface area contributed by atoms with Gasteiger partial charge in [-0.15, -0.1) is 0 Å². The number of ether oxygens (including phenoxy) is 1. The van der Waals surface area contributed by atoms with E-state index in [1.54, 1.807) is 6.08 Å². The van der Waals surface area contributed by atoms with Crippen LogP contribution < -0.4 is 5.32 Å². The first kappa shape index (κ1) is 72.8. The number of aliphatic hydroxyl groups is 2. The molecule has 0 spiro atoms. The number of aliphatic hydroxyl groups excluding tert-OH is 2. The van der Waals surface area contributed by atoms with Gasteiger partial charge in [0, 0.05) is 12.8 Å². The number of unbranched alkanes of at least 4 members (excludes halogenated alkanes) is 45. The highest BCUT2D eigenvalue weighted by atomic mass is 16.5. The number of rotatable bonds is 62. The quantitative estimate of drug-likeness (QED) is 0.0320. The Labute approximate surface area is 467 Å². The van der Waals surface area contributed by atoms with Crippen LogP contribution in [-0.2, 0) is 14.3 Å². The van der Waals surface area contributed by atoms with Crippen molar-refractivity contribution < 1.29 is 24.5 Å². The van der Waals surface area contributed by atoms with Crippen LogP contribution in [0.1, 0.15) is 354 Å². The van der Waals surface area contributed by atoms with Crippen molar-refractivity contribution in [3.05, 3.63) is 48.6 Å². The van der Waals surface area contributed by atoms with Gasteiger partial charge in [-0.1, -0.05) is 300 Å². The number of hydrogen-bond donors (Lipinski definition) is 3. The SMILES string of the molecule is CCCCCCCCC/C=C\CCCCCCCCCC(=O)OCCCCCCCCCCC/C=C\C/C=C\CCCCCCCCCCCCCCCC(=O)NC(CO)C(O)/C=C/CCCCCCCCCCC. The van der Waals surface area contributed by atoms with Gasteiger partial charge in [-0.25, -0.2) is 0 Å². The van der Waals surface area contributed by atoms with E-state index in [0.717, 1.165) is 51.4 Å². The average molecular weight is 1050 g/mol. The lowest BCUT2D eigenvalue weighted by molar-refractivity contribution is -0.143. The van der Waals surface area contributed by atoms with Gasteiger partial charge in [0.2, 0.25) is 5.91 Å². The van der Waals surface area contributed by atoms with E-state index in [0.29, 0.717) is 19.4 Å². The minimum Gasteiger partial charge on any atom is -0.466 e. The average Bonchev–Trinajstić information content (AvgIpc) is 3.41. The van der Waals surface area contributed by atoms with Crippen molar-refractivity contribution in [2.24, 2.45) is 0 Å². The molecule has 0 radical (unpaired) electrons. The topological polar surface area (TPSA) is 95.9 Å². The Morgan fingerprint density at radius 1 is 0.373 bits per heavy atom. The number of amides is 1. The van der Waals surface area contributed by atoms with Gasteiger partial charge in [0.1, 0.15) is 0 Å². The van der Waals surface area contributed by atoms with Crippen LogP contribution in [0.5, 0.6) is 0 Å². The second-order valence-electron chi connectivity index (χ2n) is 22.8. The number of nitrogens with one attached hydrogen (secondary N) is 1. The number of carbonyl (C=O) groups is 2. The fraction of sp³-hybridized carbons (Fsp3) is 0.855. The molecule has 2 unspecified atom stereocenters. The Morgan fingerprint density at radius 2 is 0.667 bits per heavy atom. The summed E-state index contributed by atoms with van der Waals surface area (Å²) in [5, 5.41) is 23.0. The highest BCUT2D eigenvalue weighted by Gasteiger charge is 2.18. The lowest BCUT2D eigenvalue weighted by atomic mass is 10.0. The van der Waals surface area contributed by atoms with E-state index in [-0.39, 0.29) is 18.5 Å². The van der Waals surface area contributed by atoms with Gasteiger partial charge in [-0.2, -0.15) is 0 Å². The molecule has 440 valence electrons. The van der Waals surface area contributed by atoms with E-state index in [9.17, 15) is 19.8 Å². The number of allylic oxidation sites excluding steroid dienone is 7. The molecule has 0 rings (SSSR count). The lowest BCUT2D eigenvalue weighted by Gasteiger charge is -2.20. The van der Waals surface area contributed by atoms with Crippen molar-refractivity contribution in [3.63, 3.8) is 0 Å². The third kappa shape index (κ3) is 60.9. The first-order valence-corrected chi connectivity index (χ1v) is 33.4. The summed E-state index contributed by atoms with van der Waals surface area (Å²) < 4.78 is 5.50. The van der Waals surface area contributed by atoms with Crippen LogP contribution in [0.15, 0.2) is 48.6 Å². The van der Waals surface area contributed by atoms with Crippen LogP contribution in [0.3, 0.4) is 0 Å². The Bertz CT molecular complexity index is 1260. The molecule has 0 fully saturated rings. The molecule has 0 heterocycles. The van der Waals surface area contributed by atoms with Crippen molar-refractivity contribution in [1.29, 1.82) is 0 Å². The third-order valence-corrected chi connectivity index (χ3v) is 15.3. The summed E-state index contributed by atoms with van der Waals surface area (Å²) in [6, 6.07) is -0.628. The number of carbonyl (C=O) groups excluding carboxylic acids is 2. The van der Waals surface area contributed by atoms with Crippen LogP contribution in [0.2, 0.25) is 0 Å². The minimum absolute atomic E-state index is 0.00866. The molecule has 0 aromatic carbocycles. The smallest absolute Gasteiger partial charge is 0.305 e. The standard InChI is InChI=1S/C69H129NO5/c1-3-5-7-9-11-13-15-16-17-18-33-36-39-43-47-51-55-59-63-69(74)75-64-60-56-52-48-44-40-37-34-31-29-27-25-23-21-19-20-22-24-26-28-30-32-35-38-42-46-50-54-58-62-68(73)70-66(65-71)67(72)61-57-53-49-45-41-14-12-10-8-6-4-2/h17-19,21,25,27,57,61,66-67,71-72H,3-16,20,22-24,26,28-56,58-60,62-65H2,1-2H3,(H,70,73)/b18-17-,21-19-,27-25-,61-57+. The second kappa shape index (κ2) is 64.3. The Kier molecular flexibility index (Phi) is 62.5. The summed E-state index contributed by atoms with van der Waals surface area (Å²) in [6.45, 7) is 4.90. The van der Waals surface area contributed by atoms with Crippen molar-refractivity contribution in [2.75, 3.05) is 13.2 Å². The van der Waals surface area contributed by atoms with Gasteiger partial charge in [0.15, 0.2) is 0 Å². The Hall–Kier alpha value is -2.18. The Morgan fingerprint density at radius 3 is 1.03 bits per heavy atom. The monoisotopic (exact) mass is 1050 g/mol. The molecule has 75 heavy (non-hydrogen) atoms. The zero-order chi connectivity index (χ0) is 54.3. The van der Waals surface area contributed by atoms with Gasteiger partial charge < -0.3 is 20.3 Å². The molecule has 0 aromatic rings. The van der Waals surface area contributed by atoms with Gasteiger partial charge >= 0.3 is 5.97 Å². The van der Waals surface area contributed by atoms with Crippen molar-refractivity contribution in [1.82, 2.24) is 5.32 Å². The molecule has 0 aliphatic carbocycles. The lowest BCUT2D eigenvalue weighted by Crippen LogP contribution is -2.45. The summed E-state index contributed by atoms with van der Waals surface area (Å²) in [4.78, 5) is 24.5. The van der Waals surface area contributed by atoms with Crippen molar-refractivity contribution >= 4 is 11.9 Å². The van der Waals surface area contributed by atoms with Gasteiger partial charge in [-0.3, -0.25) is 9.59 Å². The fourth-order valence-electron chi connectivity index (χ4n) is 10.2. The summed E-state index contributed by atoms with van der Waals surface area (Å²) in [5.74, 6) is -0.0612. The van der Waals surface area contributed by atoms with E-state index >= 15 is 0 Å². The van der Waals surface area contributed by atoms with Crippen LogP contribution >= 0.6 is 0 Å². The summed E-state index contributed by atoms with van der Waals surface area (Å²) in [6.07, 6.45) is 83.2. The maximum atomic E-state index is 12.4. The summed E-state index contributed by atoms with van der Waals surface area (Å²) in [7, 11) is 0. The zero-order valence-electron chi connectivity index (χ0n) is 50.3. The van der Waals surface area contributed by atoms with E-state index in [4.69, 9.17) is 4.74 Å². The van der Waals surface area contributed by atoms with E-state index in [1.807, 2.05) is 6.08 Å². The second-order valence-corrected chi connectivity index (χ2v) is 22.8. The molecule has 0 bridgehead atoms. The highest BCUT2D eigenvalue weighted by Crippen LogP contribution is 2.17. The molecule has 0 aliphatic rings. The third-order valence-electron chi connectivity index (χ3n) is 15.3. The van der Waals surface area contributed by atoms with E-state index in [2.05, 4.69) is 55.6 Å². The van der Waals surface area contributed by atoms with Crippen molar-refractivity contribution in [3.8, 4) is 0 Å². The summed E-state index contributed by atoms with van der Waals surface area (Å²) >= 11 is 0. The molecule has 2 atom stereocenters. The molecule has 0 aliphatic heterocycles. The van der Waals surface area contributed by atoms with Crippen LogP contribution in [0.25, 0.3) is 0 Å². The molecule has 1 amide bonds. The normalized spacial score (nSPS) is 12.9. The van der Waals surface area contributed by atoms with Gasteiger partial charge in [0.25, 0.3) is 0 Å². The molecular formula is C69H129NO5. The molecule has 6 heteroatoms. The molecule has 0 saturated heterocycles. The number of hydrogen-bond acceptors (Lipinski definition) is 5. The fourth-order valence-corrected chi connectivity index (χ4v) is 10.2. The van der Waals surface area contributed by atoms with Gasteiger partial charge in [-0.05, 0) is 89.9 Å². The molecule has 0 aromatic heterocycles. The van der Waals surface area contributed by atoms with Gasteiger partial charge in [0.05, 0.1) is 25.4 Å². The molecular weight excluding hydrogens is 923 g/mol. The minimum atomic E-state index is -0.844. The molecule has 6 nitrogen and oxygen atoms in total. The Balaban J connectivity index is 3.40. The highest BCUT2D eigenvalue weighted by molar-refractivity contribution is 5.76. The summed E-state index contributed by atoms with van der Waals surface area (Å²) in [5.41, 5.74) is 0. The van der Waals surface area contributed by atoms with Crippen LogP contribution in [0, 0.1) is 0 Å². The largest absolute Gasteiger partial charge is 0.466 e. The predicted molar refractivity (Wildman–Crippen MR) is 329 cm³/mol. The zero-order valence-corrected chi connectivity index (χ0v) is 50.3. The predicted octanol–water partition coefficient (Wildman–Crippen LogP) is 21.3. The van der Waals surface area contributed by atoms with E-state index in [1.165, 1.54) is 276 Å².